The van der Waals surface area contributed by atoms with E-state index in [0.717, 1.165) is 10.1 Å². The van der Waals surface area contributed by atoms with Crippen LogP contribution in [0.25, 0.3) is 16.2 Å². The van der Waals surface area contributed by atoms with Crippen molar-refractivity contribution in [1.82, 2.24) is 10.6 Å². The summed E-state index contributed by atoms with van der Waals surface area (Å²) in [4.78, 5) is 45.0. The Labute approximate surface area is 198 Å². The summed E-state index contributed by atoms with van der Waals surface area (Å²) in [7, 11) is -2.58. The topological polar surface area (TPSA) is 151 Å². The zero-order chi connectivity index (χ0) is 24.0. The Morgan fingerprint density at radius 3 is 2.70 bits per heavy atom. The molecule has 3 rings (SSSR count). The van der Waals surface area contributed by atoms with Gasteiger partial charge in [0.1, 0.15) is 5.92 Å². The van der Waals surface area contributed by atoms with Gasteiger partial charge in [-0.25, -0.2) is 9.59 Å². The highest BCUT2D eigenvalue weighted by atomic mass is 35.5. The summed E-state index contributed by atoms with van der Waals surface area (Å²) >= 11 is 7.51. The van der Waals surface area contributed by atoms with Crippen molar-refractivity contribution in [2.75, 3.05) is 11.5 Å². The number of halogens is 1. The van der Waals surface area contributed by atoms with Gasteiger partial charge in [0.05, 0.1) is 0 Å². The number of benzene rings is 2. The average molecular weight is 506 g/mol. The van der Waals surface area contributed by atoms with Gasteiger partial charge in [0.2, 0.25) is 5.91 Å². The van der Waals surface area contributed by atoms with Crippen molar-refractivity contribution in [3.8, 4) is 0 Å². The number of fused-ring (bicyclic) bond motifs is 1. The smallest absolute Gasteiger partial charge is 0.351 e. The number of nitrogens with two attached hydrogens (primary N) is 1. The predicted octanol–water partition coefficient (Wildman–Crippen LogP) is 4.36. The molecule has 6 N–H and O–H groups in total. The zero-order valence-corrected chi connectivity index (χ0v) is 19.4. The summed E-state index contributed by atoms with van der Waals surface area (Å²) in [6.07, 6.45) is 2.66. The third-order valence-corrected chi connectivity index (χ3v) is 6.42. The first-order valence-corrected chi connectivity index (χ1v) is 12.1. The number of primary amides is 1. The number of thiophene rings is 1. The van der Waals surface area contributed by atoms with E-state index in [1.807, 2.05) is 11.4 Å². The van der Waals surface area contributed by atoms with E-state index in [-0.39, 0.29) is 6.16 Å². The maximum atomic E-state index is 12.9. The number of imide groups is 1. The minimum atomic E-state index is -2.58. The maximum absolute atomic E-state index is 12.9. The summed E-state index contributed by atoms with van der Waals surface area (Å²) in [5.74, 6) is -1.34. The molecule has 0 saturated carbocycles. The average Bonchev–Trinajstić information content (AvgIpc) is 3.15. The molecule has 0 spiro atoms. The van der Waals surface area contributed by atoms with Crippen molar-refractivity contribution >= 4 is 70.8 Å². The number of urea groups is 2. The second-order valence-electron chi connectivity index (χ2n) is 6.79. The molecular formula is C21H19ClN4O5PS+. The Hall–Kier alpha value is -3.30. The Morgan fingerprint density at radius 2 is 1.97 bits per heavy atom. The van der Waals surface area contributed by atoms with Crippen molar-refractivity contribution in [3.05, 3.63) is 70.2 Å². The van der Waals surface area contributed by atoms with E-state index in [0.29, 0.717) is 21.8 Å². The van der Waals surface area contributed by atoms with Crippen molar-refractivity contribution in [1.29, 1.82) is 0 Å². The fourth-order valence-electron chi connectivity index (χ4n) is 3.11. The van der Waals surface area contributed by atoms with E-state index in [1.54, 1.807) is 41.8 Å². The van der Waals surface area contributed by atoms with Crippen LogP contribution in [0.2, 0.25) is 5.02 Å². The lowest BCUT2D eigenvalue weighted by Crippen LogP contribution is -2.38. The number of amides is 5. The lowest BCUT2D eigenvalue weighted by molar-refractivity contribution is -0.121. The van der Waals surface area contributed by atoms with Crippen LogP contribution < -0.4 is 21.7 Å². The zero-order valence-electron chi connectivity index (χ0n) is 16.9. The SMILES string of the molecule is NC(=O)NC(=O)Nc1ccccc1/C=C/NC(=O)C(C[P+](=O)O)c1csc2ccc(Cl)cc12. The minimum Gasteiger partial charge on any atom is -0.351 e. The Bertz CT molecular complexity index is 1260. The number of carbonyl (C=O) groups is 3. The lowest BCUT2D eigenvalue weighted by atomic mass is 9.99. The lowest BCUT2D eigenvalue weighted by Gasteiger charge is -2.11. The molecule has 0 aliphatic heterocycles. The molecule has 2 aromatic carbocycles. The predicted molar refractivity (Wildman–Crippen MR) is 130 cm³/mol. The summed E-state index contributed by atoms with van der Waals surface area (Å²) in [6, 6.07) is 10.2. The van der Waals surface area contributed by atoms with E-state index in [9.17, 15) is 23.8 Å². The molecule has 1 heterocycles. The molecular weight excluding hydrogens is 487 g/mol. The molecule has 0 saturated heterocycles. The van der Waals surface area contributed by atoms with Gasteiger partial charge in [-0.2, -0.15) is 4.89 Å². The first-order chi connectivity index (χ1) is 15.7. The van der Waals surface area contributed by atoms with Gasteiger partial charge in [0.25, 0.3) is 0 Å². The molecule has 170 valence electrons. The van der Waals surface area contributed by atoms with Crippen LogP contribution in [0.1, 0.15) is 17.0 Å². The monoisotopic (exact) mass is 505 g/mol. The number of para-hydroxylation sites is 1. The van der Waals surface area contributed by atoms with E-state index in [4.69, 9.17) is 17.3 Å². The molecule has 33 heavy (non-hydrogen) atoms. The van der Waals surface area contributed by atoms with Crippen LogP contribution in [-0.4, -0.2) is 29.0 Å². The third-order valence-electron chi connectivity index (χ3n) is 4.53. The van der Waals surface area contributed by atoms with Crippen LogP contribution in [0.3, 0.4) is 0 Å². The molecule has 0 bridgehead atoms. The van der Waals surface area contributed by atoms with Crippen molar-refractivity contribution in [2.24, 2.45) is 5.73 Å². The molecule has 1 aromatic heterocycles. The standard InChI is InChI=1S/C21H18ClN4O5PS/c22-13-5-6-18-14(9-13)16(11-33-18)15(10-32(30)31)19(27)24-8-7-12-3-1-2-4-17(12)25-21(29)26-20(23)28/h1-9,11,15H,10H2,(H5-,23,24,25,26,27,28,29,30,31)/p+1/b8-7+. The fraction of sp³-hybridized carbons (Fsp3) is 0.0952. The quantitative estimate of drug-likeness (QED) is 0.302. The molecule has 0 aliphatic rings. The fourth-order valence-corrected chi connectivity index (χ4v) is 4.95. The largest absolute Gasteiger partial charge is 0.506 e. The molecule has 0 radical (unpaired) electrons. The molecule has 0 fully saturated rings. The van der Waals surface area contributed by atoms with Crippen LogP contribution in [0.4, 0.5) is 15.3 Å². The molecule has 9 nitrogen and oxygen atoms in total. The van der Waals surface area contributed by atoms with Crippen LogP contribution in [-0.2, 0) is 9.36 Å². The van der Waals surface area contributed by atoms with E-state index < -0.39 is 31.9 Å². The van der Waals surface area contributed by atoms with Crippen molar-refractivity contribution < 1.29 is 23.8 Å². The van der Waals surface area contributed by atoms with Crippen LogP contribution >= 0.6 is 31.0 Å². The first kappa shape index (κ1) is 24.3. The molecule has 2 atom stereocenters. The highest BCUT2D eigenvalue weighted by molar-refractivity contribution is 7.38. The third kappa shape index (κ3) is 6.59. The van der Waals surface area contributed by atoms with Gasteiger partial charge in [0, 0.05) is 21.6 Å². The maximum Gasteiger partial charge on any atom is 0.506 e. The number of anilines is 1. The van der Waals surface area contributed by atoms with Gasteiger partial charge in [-0.05, 0) is 56.8 Å². The second-order valence-corrected chi connectivity index (χ2v) is 9.21. The van der Waals surface area contributed by atoms with E-state index in [2.05, 4.69) is 10.6 Å². The number of hydrogen-bond donors (Lipinski definition) is 5. The molecule has 0 aliphatic carbocycles. The Morgan fingerprint density at radius 1 is 1.21 bits per heavy atom. The molecule has 5 amide bonds. The Kier molecular flexibility index (Phi) is 8.13. The van der Waals surface area contributed by atoms with Gasteiger partial charge in [-0.15, -0.1) is 11.3 Å². The highest BCUT2D eigenvalue weighted by Gasteiger charge is 2.31. The number of hydrogen-bond acceptors (Lipinski definition) is 5. The normalized spacial score (nSPS) is 12.4. The molecule has 3 aromatic rings. The molecule has 2 unspecified atom stereocenters. The Balaban J connectivity index is 1.79. The molecule has 12 heteroatoms. The summed E-state index contributed by atoms with van der Waals surface area (Å²) < 4.78 is 12.5. The van der Waals surface area contributed by atoms with E-state index in [1.165, 1.54) is 23.6 Å². The van der Waals surface area contributed by atoms with Gasteiger partial charge in [0.15, 0.2) is 6.16 Å². The van der Waals surface area contributed by atoms with Crippen LogP contribution in [0.15, 0.2) is 54.0 Å². The highest BCUT2D eigenvalue weighted by Crippen LogP contribution is 2.36. The first-order valence-electron chi connectivity index (χ1n) is 9.48. The summed E-state index contributed by atoms with van der Waals surface area (Å²) in [6.45, 7) is 0. The number of nitrogens with one attached hydrogen (secondary N) is 3. The number of carbonyl (C=O) groups excluding carboxylic acids is 3. The van der Waals surface area contributed by atoms with Crippen LogP contribution in [0, 0.1) is 0 Å². The summed E-state index contributed by atoms with van der Waals surface area (Å²) in [5.41, 5.74) is 6.45. The van der Waals surface area contributed by atoms with Gasteiger partial charge in [-0.1, -0.05) is 29.8 Å². The number of rotatable bonds is 7. The van der Waals surface area contributed by atoms with Gasteiger partial charge in [-0.3, -0.25) is 10.1 Å². The summed E-state index contributed by atoms with van der Waals surface area (Å²) in [5, 5.41) is 10.0. The second kappa shape index (κ2) is 11.0. The van der Waals surface area contributed by atoms with Gasteiger partial charge >= 0.3 is 20.1 Å². The van der Waals surface area contributed by atoms with Crippen molar-refractivity contribution in [2.45, 2.75) is 5.92 Å². The van der Waals surface area contributed by atoms with E-state index >= 15 is 0 Å². The van der Waals surface area contributed by atoms with Gasteiger partial charge < -0.3 is 16.4 Å². The van der Waals surface area contributed by atoms with Crippen LogP contribution in [0.5, 0.6) is 0 Å². The van der Waals surface area contributed by atoms with Crippen molar-refractivity contribution in [3.63, 3.8) is 0 Å². The minimum absolute atomic E-state index is 0.251.